The molecule has 8 heteroatoms. The maximum atomic E-state index is 12.1. The molecule has 1 aliphatic rings. The number of carbonyl (C=O) groups excluding carboxylic acids is 1. The fraction of sp³-hybridized carbons (Fsp3) is 0.583. The van der Waals surface area contributed by atoms with Crippen molar-refractivity contribution in [1.29, 1.82) is 0 Å². The van der Waals surface area contributed by atoms with Crippen LogP contribution in [0, 0.1) is 0 Å². The molecular weight excluding hydrogens is 402 g/mol. The zero-order chi connectivity index (χ0) is 22.5. The molecule has 32 heavy (non-hydrogen) atoms. The number of nitrogens with two attached hydrogens (primary N) is 2. The second kappa shape index (κ2) is 10.1. The zero-order valence-corrected chi connectivity index (χ0v) is 19.1. The Hall–Kier alpha value is -2.90. The fourth-order valence-electron chi connectivity index (χ4n) is 4.95. The Labute approximate surface area is 189 Å². The van der Waals surface area contributed by atoms with E-state index in [9.17, 15) is 4.79 Å². The monoisotopic (exact) mass is 437 g/mol. The van der Waals surface area contributed by atoms with Crippen molar-refractivity contribution in [1.82, 2.24) is 24.4 Å². The van der Waals surface area contributed by atoms with Gasteiger partial charge in [-0.2, -0.15) is 0 Å². The van der Waals surface area contributed by atoms with Gasteiger partial charge >= 0.3 is 6.03 Å². The van der Waals surface area contributed by atoms with E-state index in [0.717, 1.165) is 79.4 Å². The van der Waals surface area contributed by atoms with Crippen LogP contribution >= 0.6 is 0 Å². The highest BCUT2D eigenvalue weighted by atomic mass is 16.2. The molecule has 3 aromatic heterocycles. The largest absolute Gasteiger partial charge is 0.382 e. The number of nitrogen functional groups attached to an aromatic ring is 1. The molecule has 0 radical (unpaired) electrons. The van der Waals surface area contributed by atoms with Crippen molar-refractivity contribution in [3.8, 4) is 0 Å². The maximum absolute atomic E-state index is 12.1. The van der Waals surface area contributed by atoms with E-state index in [2.05, 4.69) is 21.5 Å². The summed E-state index contributed by atoms with van der Waals surface area (Å²) in [6.07, 6.45) is 12.5. The molecule has 8 nitrogen and oxygen atoms in total. The van der Waals surface area contributed by atoms with E-state index in [0.29, 0.717) is 18.4 Å². The molecule has 1 fully saturated rings. The van der Waals surface area contributed by atoms with Crippen molar-refractivity contribution in [2.24, 2.45) is 5.73 Å². The summed E-state index contributed by atoms with van der Waals surface area (Å²) < 4.78 is 2.27. The van der Waals surface area contributed by atoms with Crippen molar-refractivity contribution in [3.05, 3.63) is 24.2 Å². The van der Waals surface area contributed by atoms with Crippen LogP contribution in [-0.4, -0.2) is 43.0 Å². The van der Waals surface area contributed by atoms with Gasteiger partial charge in [-0.15, -0.1) is 0 Å². The summed E-state index contributed by atoms with van der Waals surface area (Å²) in [6.45, 7) is 3.70. The number of aromatic nitrogens is 4. The Balaban J connectivity index is 1.55. The number of nitrogens with zero attached hydrogens (tertiary/aromatic N) is 5. The van der Waals surface area contributed by atoms with Crippen molar-refractivity contribution < 1.29 is 4.79 Å². The number of imidazole rings is 1. The second-order valence-electron chi connectivity index (χ2n) is 8.88. The summed E-state index contributed by atoms with van der Waals surface area (Å²) in [5.74, 6) is 1.49. The molecule has 0 unspecified atom stereocenters. The molecule has 0 saturated heterocycles. The number of pyridine rings is 2. The second-order valence-corrected chi connectivity index (χ2v) is 8.88. The van der Waals surface area contributed by atoms with Crippen LogP contribution in [0.25, 0.3) is 22.1 Å². The first kappa shape index (κ1) is 22.3. The van der Waals surface area contributed by atoms with E-state index in [1.54, 1.807) is 6.20 Å². The third-order valence-electron chi connectivity index (χ3n) is 6.62. The number of amides is 2. The summed E-state index contributed by atoms with van der Waals surface area (Å²) in [5.41, 5.74) is 15.3. The number of hydrogen-bond donors (Lipinski definition) is 2. The minimum Gasteiger partial charge on any atom is -0.382 e. The maximum Gasteiger partial charge on any atom is 0.315 e. The highest BCUT2D eigenvalue weighted by Crippen LogP contribution is 2.29. The lowest BCUT2D eigenvalue weighted by molar-refractivity contribution is 0.161. The lowest BCUT2D eigenvalue weighted by Gasteiger charge is -2.33. The summed E-state index contributed by atoms with van der Waals surface area (Å²) in [6, 6.07) is 3.83. The predicted octanol–water partition coefficient (Wildman–Crippen LogP) is 4.40. The molecule has 1 saturated carbocycles. The average molecular weight is 438 g/mol. The highest BCUT2D eigenvalue weighted by molar-refractivity contribution is 6.04. The van der Waals surface area contributed by atoms with E-state index in [4.69, 9.17) is 16.5 Å². The van der Waals surface area contributed by atoms with Crippen LogP contribution in [0.15, 0.2) is 18.3 Å². The van der Waals surface area contributed by atoms with Crippen LogP contribution in [0.1, 0.15) is 70.5 Å². The van der Waals surface area contributed by atoms with E-state index < -0.39 is 0 Å². The third-order valence-corrected chi connectivity index (χ3v) is 6.62. The quantitative estimate of drug-likeness (QED) is 0.481. The molecule has 4 rings (SSSR count). The average Bonchev–Trinajstić information content (AvgIpc) is 3.17. The lowest BCUT2D eigenvalue weighted by Crippen LogP contribution is -2.45. The molecule has 0 aromatic carbocycles. The van der Waals surface area contributed by atoms with Crippen LogP contribution in [-0.2, 0) is 13.0 Å². The Morgan fingerprint density at radius 1 is 1.16 bits per heavy atom. The predicted molar refractivity (Wildman–Crippen MR) is 128 cm³/mol. The number of anilines is 1. The van der Waals surface area contributed by atoms with Crippen molar-refractivity contribution >= 4 is 33.9 Å². The van der Waals surface area contributed by atoms with E-state index >= 15 is 0 Å². The number of unbranched alkanes of at least 4 members (excludes halogenated alkanes) is 2. The molecule has 0 bridgehead atoms. The Morgan fingerprint density at radius 3 is 2.72 bits per heavy atom. The highest BCUT2D eigenvalue weighted by Gasteiger charge is 2.23. The van der Waals surface area contributed by atoms with E-state index in [1.807, 2.05) is 17.0 Å². The van der Waals surface area contributed by atoms with Crippen LogP contribution < -0.4 is 11.5 Å². The molecule has 0 atom stereocenters. The Bertz CT molecular complexity index is 1070. The first-order valence-electron chi connectivity index (χ1n) is 12.1. The normalized spacial score (nSPS) is 14.9. The van der Waals surface area contributed by atoms with Crippen molar-refractivity contribution in [2.45, 2.75) is 83.7 Å². The first-order chi connectivity index (χ1) is 15.6. The molecule has 0 spiro atoms. The molecular formula is C24H35N7O. The van der Waals surface area contributed by atoms with Gasteiger partial charge in [0.25, 0.3) is 0 Å². The van der Waals surface area contributed by atoms with Crippen LogP contribution in [0.2, 0.25) is 0 Å². The number of carbonyl (C=O) groups is 1. The molecule has 1 aliphatic carbocycles. The van der Waals surface area contributed by atoms with Crippen LogP contribution in [0.3, 0.4) is 0 Å². The van der Waals surface area contributed by atoms with Gasteiger partial charge in [0.15, 0.2) is 5.82 Å². The summed E-state index contributed by atoms with van der Waals surface area (Å²) in [5, 5.41) is 0. The topological polar surface area (TPSA) is 116 Å². The number of aryl methyl sites for hydroxylation is 2. The Morgan fingerprint density at radius 2 is 1.97 bits per heavy atom. The minimum atomic E-state index is -0.289. The van der Waals surface area contributed by atoms with Gasteiger partial charge in [0.2, 0.25) is 0 Å². The first-order valence-corrected chi connectivity index (χ1v) is 12.1. The lowest BCUT2D eigenvalue weighted by atomic mass is 9.94. The van der Waals surface area contributed by atoms with E-state index in [1.165, 1.54) is 19.3 Å². The fourth-order valence-corrected chi connectivity index (χ4v) is 4.95. The summed E-state index contributed by atoms with van der Waals surface area (Å²) >= 11 is 0. The molecule has 3 aromatic rings. The number of rotatable bonds is 9. The third kappa shape index (κ3) is 4.64. The molecule has 0 aliphatic heterocycles. The van der Waals surface area contributed by atoms with Gasteiger partial charge in [-0.3, -0.25) is 4.98 Å². The van der Waals surface area contributed by atoms with Gasteiger partial charge in [-0.1, -0.05) is 32.6 Å². The van der Waals surface area contributed by atoms with Gasteiger partial charge in [-0.05, 0) is 44.2 Å². The van der Waals surface area contributed by atoms with Crippen LogP contribution in [0.5, 0.6) is 0 Å². The standard InChI is InChI=1S/C24H35N7O/c1-2-3-13-19-29-21-22(20-18(28-23(21)25)12-9-14-27-20)31(19)16-8-7-15-30(24(26)32)17-10-5-4-6-11-17/h9,12,14,17H,2-8,10-11,13,15-16H2,1H3,(H2,25,28)(H2,26,32). The van der Waals surface area contributed by atoms with Gasteiger partial charge < -0.3 is 20.9 Å². The van der Waals surface area contributed by atoms with Crippen molar-refractivity contribution in [3.63, 3.8) is 0 Å². The van der Waals surface area contributed by atoms with Gasteiger partial charge in [-0.25, -0.2) is 14.8 Å². The number of urea groups is 1. The molecule has 2 amide bonds. The smallest absolute Gasteiger partial charge is 0.315 e. The summed E-state index contributed by atoms with van der Waals surface area (Å²) in [7, 11) is 0. The number of fused-ring (bicyclic) bond motifs is 3. The van der Waals surface area contributed by atoms with Crippen molar-refractivity contribution in [2.75, 3.05) is 12.3 Å². The minimum absolute atomic E-state index is 0.289. The zero-order valence-electron chi connectivity index (χ0n) is 19.1. The van der Waals surface area contributed by atoms with Gasteiger partial charge in [0.05, 0.1) is 5.52 Å². The number of hydrogen-bond acceptors (Lipinski definition) is 5. The van der Waals surface area contributed by atoms with E-state index in [-0.39, 0.29) is 6.03 Å². The molecule has 4 N–H and O–H groups in total. The number of primary amides is 1. The van der Waals surface area contributed by atoms with Gasteiger partial charge in [0.1, 0.15) is 22.4 Å². The molecule has 172 valence electrons. The van der Waals surface area contributed by atoms with Crippen LogP contribution in [0.4, 0.5) is 10.6 Å². The Kier molecular flexibility index (Phi) is 7.07. The summed E-state index contributed by atoms with van der Waals surface area (Å²) in [4.78, 5) is 27.9. The van der Waals surface area contributed by atoms with Gasteiger partial charge in [0, 0.05) is 31.7 Å². The SMILES string of the molecule is CCCCc1nc2c(N)nc3cccnc3c2n1CCCCN(C(N)=O)C1CCCCC1. The molecule has 3 heterocycles.